The topological polar surface area (TPSA) is 112 Å². The zero-order valence-corrected chi connectivity index (χ0v) is 29.8. The van der Waals surface area contributed by atoms with Crippen LogP contribution in [-0.4, -0.2) is 89.7 Å². The predicted octanol–water partition coefficient (Wildman–Crippen LogP) is 7.54. The Hall–Kier alpha value is -4.50. The highest BCUT2D eigenvalue weighted by molar-refractivity contribution is 7.23. The largest absolute Gasteiger partial charge is 0.467 e. The van der Waals surface area contributed by atoms with E-state index in [1.54, 1.807) is 6.07 Å². The minimum absolute atomic E-state index is 0.0591. The number of amides is 1. The lowest BCUT2D eigenvalue weighted by Gasteiger charge is -2.33. The second-order valence-corrected chi connectivity index (χ2v) is 14.6. The summed E-state index contributed by atoms with van der Waals surface area (Å²) in [6.45, 7) is 3.78. The Bertz CT molecular complexity index is 2100. The number of benzene rings is 2. The van der Waals surface area contributed by atoms with Crippen LogP contribution in [0.1, 0.15) is 50.7 Å². The van der Waals surface area contributed by atoms with Crippen molar-refractivity contribution >= 4 is 49.1 Å². The number of anilines is 2. The second-order valence-electron chi connectivity index (χ2n) is 13.5. The summed E-state index contributed by atoms with van der Waals surface area (Å²) in [4.78, 5) is 25.1. The van der Waals surface area contributed by atoms with Gasteiger partial charge < -0.3 is 20.3 Å². The molecule has 0 spiro atoms. The number of carbonyl (C=O) groups is 1. The summed E-state index contributed by atoms with van der Waals surface area (Å²) in [6, 6.07) is 2.86. The van der Waals surface area contributed by atoms with E-state index in [1.807, 2.05) is 0 Å². The Kier molecular flexibility index (Phi) is 10.1. The van der Waals surface area contributed by atoms with E-state index >= 15 is 4.39 Å². The number of halogens is 8. The van der Waals surface area contributed by atoms with E-state index in [0.29, 0.717) is 36.9 Å². The highest BCUT2D eigenvalue weighted by Crippen LogP contribution is 2.48. The van der Waals surface area contributed by atoms with E-state index in [0.717, 1.165) is 37.1 Å². The lowest BCUT2D eigenvalue weighted by molar-refractivity contribution is -0.155. The molecule has 3 fully saturated rings. The van der Waals surface area contributed by atoms with Gasteiger partial charge in [0, 0.05) is 55.5 Å². The van der Waals surface area contributed by atoms with Crippen molar-refractivity contribution in [1.29, 1.82) is 5.26 Å². The molecule has 0 radical (unpaired) electrons. The molecule has 284 valence electrons. The first-order valence-corrected chi connectivity index (χ1v) is 17.5. The Morgan fingerprint density at radius 2 is 1.87 bits per heavy atom. The summed E-state index contributed by atoms with van der Waals surface area (Å²) in [5.41, 5.74) is 2.08. The van der Waals surface area contributed by atoms with Crippen LogP contribution in [0.4, 0.5) is 45.9 Å². The number of nitrogens with zero attached hydrogens (tertiary/aromatic N) is 6. The average molecular weight is 770 g/mol. The number of nitriles is 1. The molecule has 4 aromatic rings. The molecule has 5 heterocycles. The molecule has 2 aromatic carbocycles. The summed E-state index contributed by atoms with van der Waals surface area (Å²) < 4.78 is 120. The van der Waals surface area contributed by atoms with E-state index in [-0.39, 0.29) is 44.8 Å². The molecule has 18 heteroatoms. The summed E-state index contributed by atoms with van der Waals surface area (Å²) in [6.07, 6.45) is -2.19. The minimum atomic E-state index is -5.16. The number of hydrogen-bond acceptors (Lipinski definition) is 9. The third-order valence-corrected chi connectivity index (χ3v) is 11.2. The third kappa shape index (κ3) is 6.89. The van der Waals surface area contributed by atoms with Crippen molar-refractivity contribution < 1.29 is 44.7 Å². The smallest absolute Gasteiger partial charge is 0.417 e. The Balaban J connectivity index is 0.000000461. The predicted molar refractivity (Wildman–Crippen MR) is 184 cm³/mol. The fourth-order valence-corrected chi connectivity index (χ4v) is 8.66. The molecule has 0 aliphatic carbocycles. The number of nitrogens with two attached hydrogens (primary N) is 1. The number of nitrogen functional groups attached to an aromatic ring is 1. The van der Waals surface area contributed by atoms with E-state index in [2.05, 4.69) is 14.9 Å². The van der Waals surface area contributed by atoms with Crippen LogP contribution in [-0.2, 0) is 11.0 Å². The first-order valence-electron chi connectivity index (χ1n) is 16.7. The van der Waals surface area contributed by atoms with Crippen molar-refractivity contribution in [1.82, 2.24) is 19.8 Å². The number of thiophene rings is 1. The first kappa shape index (κ1) is 38.2. The quantitative estimate of drug-likeness (QED) is 0.208. The molecular weight excluding hydrogens is 734 g/mol. The second kappa shape index (κ2) is 14.0. The molecule has 3 aliphatic heterocycles. The number of aromatic nitrogens is 2. The van der Waals surface area contributed by atoms with E-state index < -0.39 is 76.1 Å². The van der Waals surface area contributed by atoms with Gasteiger partial charge >= 0.3 is 18.1 Å². The van der Waals surface area contributed by atoms with Crippen LogP contribution in [0.25, 0.3) is 32.1 Å². The lowest BCUT2D eigenvalue weighted by atomic mass is 9.92. The van der Waals surface area contributed by atoms with Gasteiger partial charge in [-0.25, -0.2) is 13.2 Å². The van der Waals surface area contributed by atoms with Crippen molar-refractivity contribution in [2.24, 2.45) is 0 Å². The standard InChI is InChI=1S/C28H23F7N6O2S.C7H12FN/c1-11-17(7-8-41(11)25(42)27(2,31)32)40(3)24-13-9-15(28(33,34)35)19(20(30)21(13)38-26(39-24)43-4)12-5-6-16(29)22-18(12)14(10-36)23(37)44-22;8-6-4-7-2-1-3-9(7)5-6/h5-6,9,11,17H,7-8,37H2,1-4H3;6-7H,1-5H2. The van der Waals surface area contributed by atoms with Crippen molar-refractivity contribution in [3.63, 3.8) is 0 Å². The maximum Gasteiger partial charge on any atom is 0.417 e. The molecular formula is C35H35F8N7O2S. The van der Waals surface area contributed by atoms with E-state index in [4.69, 9.17) is 10.5 Å². The molecule has 3 aliphatic rings. The molecule has 0 bridgehead atoms. The molecule has 4 atom stereocenters. The fraction of sp³-hybridized carbons (Fsp3) is 0.486. The van der Waals surface area contributed by atoms with Crippen LogP contribution in [0.15, 0.2) is 18.2 Å². The summed E-state index contributed by atoms with van der Waals surface area (Å²) >= 11 is 0.641. The Labute approximate surface area is 302 Å². The SMILES string of the molecule is COc1nc(N(C)C2CCN(C(=O)C(C)(F)F)C2C)c2cc(C(F)(F)F)c(-c3ccc(F)c4sc(N)c(C#N)c34)c(F)c2n1.FC1CC2CCCN2C1. The zero-order chi connectivity index (χ0) is 38.7. The number of rotatable bonds is 5. The van der Waals surface area contributed by atoms with E-state index in [9.17, 15) is 40.8 Å². The Morgan fingerprint density at radius 1 is 1.15 bits per heavy atom. The van der Waals surface area contributed by atoms with Crippen molar-refractivity contribution in [3.8, 4) is 23.2 Å². The molecule has 4 unspecified atom stereocenters. The van der Waals surface area contributed by atoms with Crippen LogP contribution in [0.3, 0.4) is 0 Å². The monoisotopic (exact) mass is 769 g/mol. The number of ether oxygens (including phenoxy) is 1. The molecule has 1 amide bonds. The van der Waals surface area contributed by atoms with Gasteiger partial charge in [0.25, 0.3) is 5.91 Å². The molecule has 53 heavy (non-hydrogen) atoms. The molecule has 9 nitrogen and oxygen atoms in total. The minimum Gasteiger partial charge on any atom is -0.467 e. The first-order chi connectivity index (χ1) is 24.9. The normalized spacial score (nSPS) is 21.8. The number of alkyl halides is 6. The maximum absolute atomic E-state index is 16.5. The van der Waals surface area contributed by atoms with Gasteiger partial charge in [-0.2, -0.15) is 37.2 Å². The van der Waals surface area contributed by atoms with Crippen LogP contribution in [0.5, 0.6) is 6.01 Å². The molecule has 7 rings (SSSR count). The fourth-order valence-electron chi connectivity index (χ4n) is 7.71. The van der Waals surface area contributed by atoms with Gasteiger partial charge in [0.05, 0.1) is 29.0 Å². The lowest BCUT2D eigenvalue weighted by Crippen LogP contribution is -2.48. The number of hydrogen-bond donors (Lipinski definition) is 1. The maximum atomic E-state index is 16.5. The third-order valence-electron chi connectivity index (χ3n) is 10.2. The molecule has 2 aromatic heterocycles. The van der Waals surface area contributed by atoms with Gasteiger partial charge in [-0.1, -0.05) is 6.07 Å². The van der Waals surface area contributed by atoms with Crippen LogP contribution in [0.2, 0.25) is 0 Å². The molecule has 3 saturated heterocycles. The number of likely N-dealkylation sites (tertiary alicyclic amines) is 1. The van der Waals surface area contributed by atoms with Gasteiger partial charge in [0.1, 0.15) is 34.4 Å². The van der Waals surface area contributed by atoms with Crippen molar-refractivity contribution in [2.45, 2.75) is 75.9 Å². The van der Waals surface area contributed by atoms with Crippen LogP contribution < -0.4 is 15.4 Å². The zero-order valence-electron chi connectivity index (χ0n) is 29.0. The number of methoxy groups -OCH3 is 1. The summed E-state index contributed by atoms with van der Waals surface area (Å²) in [5.74, 6) is -7.56. The summed E-state index contributed by atoms with van der Waals surface area (Å²) in [5, 5.41) is 8.83. The van der Waals surface area contributed by atoms with Gasteiger partial charge in [-0.15, -0.1) is 11.3 Å². The van der Waals surface area contributed by atoms with Crippen molar-refractivity contribution in [3.05, 3.63) is 41.0 Å². The number of carbonyl (C=O) groups excluding carboxylic acids is 1. The molecule has 2 N–H and O–H groups in total. The van der Waals surface area contributed by atoms with Crippen LogP contribution >= 0.6 is 11.3 Å². The molecule has 0 saturated carbocycles. The van der Waals surface area contributed by atoms with Crippen molar-refractivity contribution in [2.75, 3.05) is 44.4 Å². The van der Waals surface area contributed by atoms with E-state index in [1.165, 1.54) is 31.7 Å². The number of likely N-dealkylation sites (N-methyl/N-ethyl adjacent to an activating group) is 1. The van der Waals surface area contributed by atoms with Gasteiger partial charge in [0.2, 0.25) is 0 Å². The Morgan fingerprint density at radius 3 is 2.49 bits per heavy atom. The van der Waals surface area contributed by atoms with Gasteiger partial charge in [-0.05, 0) is 56.8 Å². The van der Waals surface area contributed by atoms with Gasteiger partial charge in [-0.3, -0.25) is 9.69 Å². The highest BCUT2D eigenvalue weighted by atomic mass is 32.1. The number of fused-ring (bicyclic) bond motifs is 3. The average Bonchev–Trinajstić information content (AvgIpc) is 3.86. The summed E-state index contributed by atoms with van der Waals surface area (Å²) in [7, 11) is 2.59. The van der Waals surface area contributed by atoms with Gasteiger partial charge in [0.15, 0.2) is 5.82 Å². The van der Waals surface area contributed by atoms with Crippen LogP contribution in [0, 0.1) is 23.0 Å². The highest BCUT2D eigenvalue weighted by Gasteiger charge is 2.45.